The number of fused-ring (bicyclic) bond motifs is 1. The van der Waals surface area contributed by atoms with Crippen molar-refractivity contribution in [3.05, 3.63) is 42.0 Å². The molecule has 2 atom stereocenters. The average molecular weight is 462 g/mol. The number of carbonyl (C=O) groups excluding carboxylic acids is 1. The Morgan fingerprint density at radius 2 is 1.81 bits per heavy atom. The number of nitrogens with zero attached hydrogens (tertiary/aromatic N) is 1. The van der Waals surface area contributed by atoms with E-state index in [9.17, 15) is 18.3 Å². The van der Waals surface area contributed by atoms with Crippen LogP contribution < -0.4 is 14.2 Å². The number of methoxy groups -OCH3 is 2. The molecule has 2 aliphatic heterocycles. The van der Waals surface area contributed by atoms with Crippen LogP contribution in [0.4, 0.5) is 0 Å². The van der Waals surface area contributed by atoms with Gasteiger partial charge in [0.15, 0.2) is 0 Å². The highest BCUT2D eigenvalue weighted by Gasteiger charge is 2.48. The third kappa shape index (κ3) is 3.59. The zero-order valence-electron chi connectivity index (χ0n) is 18.5. The molecule has 1 fully saturated rings. The first kappa shape index (κ1) is 22.4. The number of hydrogen-bond acceptors (Lipinski definition) is 7. The molecule has 32 heavy (non-hydrogen) atoms. The normalized spacial score (nSPS) is 22.3. The summed E-state index contributed by atoms with van der Waals surface area (Å²) in [5.41, 5.74) is -0.540. The first-order valence-corrected chi connectivity index (χ1v) is 11.9. The molecular formula is C23H27NO7S. The van der Waals surface area contributed by atoms with Crippen molar-refractivity contribution in [3.63, 3.8) is 0 Å². The molecule has 0 radical (unpaired) electrons. The molecule has 172 valence electrons. The Bertz CT molecular complexity index is 1140. The van der Waals surface area contributed by atoms with E-state index in [0.717, 1.165) is 0 Å². The van der Waals surface area contributed by atoms with E-state index in [1.54, 1.807) is 30.9 Å². The van der Waals surface area contributed by atoms with E-state index in [0.29, 0.717) is 36.4 Å². The molecule has 2 aliphatic rings. The predicted octanol–water partition coefficient (Wildman–Crippen LogP) is 2.73. The molecule has 0 bridgehead atoms. The van der Waals surface area contributed by atoms with Gasteiger partial charge in [0.05, 0.1) is 25.2 Å². The summed E-state index contributed by atoms with van der Waals surface area (Å²) in [5, 5.41) is 11.1. The van der Waals surface area contributed by atoms with Gasteiger partial charge in [-0.05, 0) is 50.6 Å². The summed E-state index contributed by atoms with van der Waals surface area (Å²) in [6, 6.07) is 8.32. The molecule has 2 aromatic rings. The third-order valence-corrected chi connectivity index (χ3v) is 7.89. The minimum atomic E-state index is -3.97. The Kier molecular flexibility index (Phi) is 5.58. The van der Waals surface area contributed by atoms with Crippen LogP contribution in [-0.2, 0) is 14.6 Å². The maximum atomic E-state index is 13.5. The van der Waals surface area contributed by atoms with E-state index in [1.165, 1.54) is 38.5 Å². The van der Waals surface area contributed by atoms with Crippen LogP contribution in [0.3, 0.4) is 0 Å². The maximum Gasteiger partial charge on any atom is 0.223 e. The van der Waals surface area contributed by atoms with Gasteiger partial charge < -0.3 is 24.2 Å². The smallest absolute Gasteiger partial charge is 0.223 e. The van der Waals surface area contributed by atoms with Crippen molar-refractivity contribution < 1.29 is 32.5 Å². The van der Waals surface area contributed by atoms with Crippen molar-refractivity contribution in [2.75, 3.05) is 20.8 Å². The Balaban J connectivity index is 1.89. The van der Waals surface area contributed by atoms with Gasteiger partial charge in [0, 0.05) is 24.6 Å². The van der Waals surface area contributed by atoms with Gasteiger partial charge in [-0.1, -0.05) is 0 Å². The summed E-state index contributed by atoms with van der Waals surface area (Å²) >= 11 is 0. The highest BCUT2D eigenvalue weighted by Crippen LogP contribution is 2.47. The minimum absolute atomic E-state index is 0.0592. The van der Waals surface area contributed by atoms with Gasteiger partial charge in [0.2, 0.25) is 15.7 Å². The molecule has 0 saturated carbocycles. The highest BCUT2D eigenvalue weighted by atomic mass is 32.2. The first-order chi connectivity index (χ1) is 15.1. The standard InChI is InChI=1S/C23H27NO7S/c1-23(2)22(26)21(24-11-5-6-20(24)25)16-12-19(18(30-4)13-17(16)31-23)32(27,28)15-9-7-14(29-3)8-10-15/h7-10,12-13,21-22,26H,5-6,11H2,1-4H3. The number of carbonyl (C=O) groups is 1. The summed E-state index contributed by atoms with van der Waals surface area (Å²) < 4.78 is 43.5. The van der Waals surface area contributed by atoms with Crippen LogP contribution in [0.2, 0.25) is 0 Å². The average Bonchev–Trinajstić information content (AvgIpc) is 3.19. The van der Waals surface area contributed by atoms with E-state index in [2.05, 4.69) is 0 Å². The molecule has 0 spiro atoms. The molecule has 2 unspecified atom stereocenters. The van der Waals surface area contributed by atoms with Gasteiger partial charge in [-0.2, -0.15) is 0 Å². The fourth-order valence-electron chi connectivity index (χ4n) is 4.32. The first-order valence-electron chi connectivity index (χ1n) is 10.4. The van der Waals surface area contributed by atoms with Crippen molar-refractivity contribution in [1.82, 2.24) is 4.90 Å². The second-order valence-electron chi connectivity index (χ2n) is 8.51. The monoisotopic (exact) mass is 461 g/mol. The number of hydrogen-bond donors (Lipinski definition) is 1. The van der Waals surface area contributed by atoms with E-state index in [1.807, 2.05) is 0 Å². The van der Waals surface area contributed by atoms with Crippen molar-refractivity contribution in [2.45, 2.75) is 54.2 Å². The number of aliphatic hydroxyl groups excluding tert-OH is 1. The largest absolute Gasteiger partial charge is 0.497 e. The number of rotatable bonds is 5. The SMILES string of the molecule is COc1ccc(S(=O)(=O)c2cc3c(cc2OC)OC(C)(C)C(O)C3N2CCCC2=O)cc1. The fourth-order valence-corrected chi connectivity index (χ4v) is 5.76. The van der Waals surface area contributed by atoms with Crippen molar-refractivity contribution in [1.29, 1.82) is 0 Å². The number of sulfone groups is 1. The van der Waals surface area contributed by atoms with Crippen molar-refractivity contribution >= 4 is 15.7 Å². The van der Waals surface area contributed by atoms with Crippen LogP contribution in [0.5, 0.6) is 17.2 Å². The van der Waals surface area contributed by atoms with Gasteiger partial charge in [-0.15, -0.1) is 0 Å². The molecule has 4 rings (SSSR count). The molecule has 0 aromatic heterocycles. The van der Waals surface area contributed by atoms with Gasteiger partial charge in [0.25, 0.3) is 0 Å². The lowest BCUT2D eigenvalue weighted by Gasteiger charge is -2.45. The predicted molar refractivity (Wildman–Crippen MR) is 116 cm³/mol. The molecule has 2 aromatic carbocycles. The van der Waals surface area contributed by atoms with Crippen molar-refractivity contribution in [2.24, 2.45) is 0 Å². The highest BCUT2D eigenvalue weighted by molar-refractivity contribution is 7.91. The molecule has 1 N–H and O–H groups in total. The number of ether oxygens (including phenoxy) is 3. The molecule has 0 aliphatic carbocycles. The summed E-state index contributed by atoms with van der Waals surface area (Å²) in [6.45, 7) is 3.97. The van der Waals surface area contributed by atoms with Crippen LogP contribution in [-0.4, -0.2) is 56.8 Å². The topological polar surface area (TPSA) is 102 Å². The molecular weight excluding hydrogens is 434 g/mol. The lowest BCUT2D eigenvalue weighted by atomic mass is 9.85. The van der Waals surface area contributed by atoms with Crippen molar-refractivity contribution in [3.8, 4) is 17.2 Å². The van der Waals surface area contributed by atoms with Gasteiger partial charge in [-0.3, -0.25) is 4.79 Å². The minimum Gasteiger partial charge on any atom is -0.497 e. The number of benzene rings is 2. The summed E-state index contributed by atoms with van der Waals surface area (Å²) in [4.78, 5) is 14.2. The van der Waals surface area contributed by atoms with Gasteiger partial charge in [-0.25, -0.2) is 8.42 Å². The zero-order chi connectivity index (χ0) is 23.3. The molecule has 1 amide bonds. The van der Waals surface area contributed by atoms with Crippen LogP contribution in [0.25, 0.3) is 0 Å². The summed E-state index contributed by atoms with van der Waals surface area (Å²) in [5.74, 6) is 0.967. The molecule has 8 nitrogen and oxygen atoms in total. The van der Waals surface area contributed by atoms with E-state index < -0.39 is 27.6 Å². The van der Waals surface area contributed by atoms with Crippen LogP contribution in [0.15, 0.2) is 46.2 Å². The Labute approximate surface area is 187 Å². The van der Waals surface area contributed by atoms with Crippen LogP contribution in [0.1, 0.15) is 38.3 Å². The second kappa shape index (κ2) is 7.97. The van der Waals surface area contributed by atoms with E-state index >= 15 is 0 Å². The zero-order valence-corrected chi connectivity index (χ0v) is 19.3. The number of amides is 1. The van der Waals surface area contributed by atoms with Gasteiger partial charge >= 0.3 is 0 Å². The molecule has 1 saturated heterocycles. The fraction of sp³-hybridized carbons (Fsp3) is 0.435. The Morgan fingerprint density at radius 1 is 1.12 bits per heavy atom. The summed E-state index contributed by atoms with van der Waals surface area (Å²) in [7, 11) is -1.08. The van der Waals surface area contributed by atoms with E-state index in [4.69, 9.17) is 14.2 Å². The Morgan fingerprint density at radius 3 is 2.38 bits per heavy atom. The quantitative estimate of drug-likeness (QED) is 0.730. The molecule has 2 heterocycles. The van der Waals surface area contributed by atoms with Crippen LogP contribution >= 0.6 is 0 Å². The lowest BCUT2D eigenvalue weighted by molar-refractivity contribution is -0.139. The lowest BCUT2D eigenvalue weighted by Crippen LogP contribution is -2.53. The third-order valence-electron chi connectivity index (χ3n) is 6.10. The number of likely N-dealkylation sites (tertiary alicyclic amines) is 1. The van der Waals surface area contributed by atoms with E-state index in [-0.39, 0.29) is 21.4 Å². The summed E-state index contributed by atoms with van der Waals surface area (Å²) in [6.07, 6.45) is 0.0423. The van der Waals surface area contributed by atoms with Crippen LogP contribution in [0, 0.1) is 0 Å². The molecule has 9 heteroatoms. The Hall–Kier alpha value is -2.78. The van der Waals surface area contributed by atoms with Gasteiger partial charge in [0.1, 0.15) is 33.8 Å². The number of aliphatic hydroxyl groups is 1. The maximum absolute atomic E-state index is 13.5. The second-order valence-corrected chi connectivity index (χ2v) is 10.4.